The molecule has 1 aromatic rings. The van der Waals surface area contributed by atoms with Gasteiger partial charge >= 0.3 is 0 Å². The Morgan fingerprint density at radius 3 is 2.64 bits per heavy atom. The maximum absolute atomic E-state index is 12.4. The summed E-state index contributed by atoms with van der Waals surface area (Å²) < 4.78 is 0. The fraction of sp³-hybridized carbons (Fsp3) is 0.333. The third-order valence-corrected chi connectivity index (χ3v) is 5.93. The second kappa shape index (κ2) is 6.77. The Hall–Kier alpha value is -1.92. The van der Waals surface area contributed by atoms with Gasteiger partial charge in [-0.2, -0.15) is 15.1 Å². The van der Waals surface area contributed by atoms with Crippen LogP contribution in [0.4, 0.5) is 0 Å². The largest absolute Gasteiger partial charge is 0.283 e. The summed E-state index contributed by atoms with van der Waals surface area (Å²) in [5, 5.41) is 16.6. The molecule has 5 nitrogen and oxygen atoms in total. The number of carbonyl (C=O) groups is 1. The first kappa shape index (κ1) is 16.5. The van der Waals surface area contributed by atoms with Gasteiger partial charge in [-0.1, -0.05) is 43.0 Å². The van der Waals surface area contributed by atoms with Gasteiger partial charge in [0, 0.05) is 10.9 Å². The van der Waals surface area contributed by atoms with Crippen molar-refractivity contribution in [2.45, 2.75) is 32.1 Å². The number of hydrogen-bond acceptors (Lipinski definition) is 4. The Balaban J connectivity index is 1.62. The quantitative estimate of drug-likeness (QED) is 0.775. The van der Waals surface area contributed by atoms with Crippen LogP contribution in [0.25, 0.3) is 6.08 Å². The Kier molecular flexibility index (Phi) is 4.48. The number of amidine groups is 2. The number of hydrogen-bond donors (Lipinski definition) is 1. The number of aliphatic imine (C=N–C) groups is 1. The molecule has 1 aromatic carbocycles. The maximum Gasteiger partial charge on any atom is 0.283 e. The number of amides is 1. The molecule has 0 spiro atoms. The number of nitrogens with one attached hydrogen (secondary N) is 1. The van der Waals surface area contributed by atoms with E-state index in [1.165, 1.54) is 36.0 Å². The number of rotatable bonds is 2. The number of benzene rings is 1. The highest BCUT2D eigenvalue weighted by Gasteiger charge is 2.37. The second-order valence-electron chi connectivity index (χ2n) is 6.34. The number of halogens is 1. The van der Waals surface area contributed by atoms with Gasteiger partial charge in [-0.3, -0.25) is 10.2 Å². The monoisotopic (exact) mass is 372 g/mol. The lowest BCUT2D eigenvalue weighted by molar-refractivity contribution is -0.114. The standard InChI is InChI=1S/C18H17ClN4OS/c19-13-8-6-11(7-9-13)10-14-15(20)23-18(21-16(14)24)25-17(22-23)12-4-2-1-3-5-12/h6-10,12,20H,1-5H2. The van der Waals surface area contributed by atoms with Crippen molar-refractivity contribution < 1.29 is 4.79 Å². The van der Waals surface area contributed by atoms with Crippen LogP contribution in [0.1, 0.15) is 37.7 Å². The third kappa shape index (κ3) is 3.28. The van der Waals surface area contributed by atoms with E-state index < -0.39 is 5.91 Å². The average molecular weight is 373 g/mol. The minimum atomic E-state index is -0.390. The molecule has 25 heavy (non-hydrogen) atoms. The first-order chi connectivity index (χ1) is 12.1. The van der Waals surface area contributed by atoms with E-state index in [2.05, 4.69) is 10.1 Å². The van der Waals surface area contributed by atoms with Gasteiger partial charge in [-0.25, -0.2) is 0 Å². The molecule has 0 aromatic heterocycles. The van der Waals surface area contributed by atoms with Crippen molar-refractivity contribution in [1.82, 2.24) is 5.01 Å². The second-order valence-corrected chi connectivity index (χ2v) is 7.77. The van der Waals surface area contributed by atoms with E-state index in [-0.39, 0.29) is 11.4 Å². The molecular formula is C18H17ClN4OS. The summed E-state index contributed by atoms with van der Waals surface area (Å²) in [5.74, 6) is 0.126. The number of thioether (sulfide) groups is 1. The summed E-state index contributed by atoms with van der Waals surface area (Å²) >= 11 is 7.33. The molecule has 0 atom stereocenters. The van der Waals surface area contributed by atoms with Crippen molar-refractivity contribution in [1.29, 1.82) is 5.41 Å². The molecule has 3 aliphatic rings. The van der Waals surface area contributed by atoms with Gasteiger partial charge in [0.25, 0.3) is 5.91 Å². The van der Waals surface area contributed by atoms with Crippen LogP contribution in [0.3, 0.4) is 0 Å². The van der Waals surface area contributed by atoms with Gasteiger partial charge in [-0.15, -0.1) is 0 Å². The smallest absolute Gasteiger partial charge is 0.282 e. The lowest BCUT2D eigenvalue weighted by atomic mass is 9.90. The zero-order chi connectivity index (χ0) is 17.4. The van der Waals surface area contributed by atoms with Gasteiger partial charge in [-0.05, 0) is 48.4 Å². The molecule has 1 aliphatic carbocycles. The molecule has 128 valence electrons. The highest BCUT2D eigenvalue weighted by molar-refractivity contribution is 8.27. The maximum atomic E-state index is 12.4. The molecule has 1 amide bonds. The molecule has 2 aliphatic heterocycles. The van der Waals surface area contributed by atoms with Gasteiger partial charge in [0.15, 0.2) is 5.84 Å². The Morgan fingerprint density at radius 2 is 1.92 bits per heavy atom. The molecule has 2 heterocycles. The Morgan fingerprint density at radius 1 is 1.20 bits per heavy atom. The van der Waals surface area contributed by atoms with E-state index in [0.29, 0.717) is 16.1 Å². The van der Waals surface area contributed by atoms with Crippen molar-refractivity contribution in [2.75, 3.05) is 0 Å². The van der Waals surface area contributed by atoms with Crippen LogP contribution < -0.4 is 0 Å². The number of carbonyl (C=O) groups excluding carboxylic acids is 1. The van der Waals surface area contributed by atoms with E-state index in [1.54, 1.807) is 18.2 Å². The molecule has 7 heteroatoms. The molecule has 0 unspecified atom stereocenters. The lowest BCUT2D eigenvalue weighted by Gasteiger charge is -2.20. The van der Waals surface area contributed by atoms with E-state index >= 15 is 0 Å². The van der Waals surface area contributed by atoms with Crippen molar-refractivity contribution in [2.24, 2.45) is 16.0 Å². The minimum absolute atomic E-state index is 0.0864. The molecule has 1 N–H and O–H groups in total. The zero-order valence-corrected chi connectivity index (χ0v) is 15.1. The number of fused-ring (bicyclic) bond motifs is 1. The third-order valence-electron chi connectivity index (χ3n) is 4.61. The van der Waals surface area contributed by atoms with E-state index in [0.717, 1.165) is 23.4 Å². The summed E-state index contributed by atoms with van der Waals surface area (Å²) in [6.07, 6.45) is 7.63. The van der Waals surface area contributed by atoms with Gasteiger partial charge in [0.05, 0.1) is 5.57 Å². The van der Waals surface area contributed by atoms with Crippen molar-refractivity contribution in [3.8, 4) is 0 Å². The topological polar surface area (TPSA) is 68.9 Å². The van der Waals surface area contributed by atoms with Crippen LogP contribution >= 0.6 is 23.4 Å². The van der Waals surface area contributed by atoms with Gasteiger partial charge in [0.1, 0.15) is 5.04 Å². The summed E-state index contributed by atoms with van der Waals surface area (Å²) in [4.78, 5) is 16.5. The highest BCUT2D eigenvalue weighted by atomic mass is 35.5. The Labute approximate surface area is 155 Å². The summed E-state index contributed by atoms with van der Waals surface area (Å²) in [6.45, 7) is 0. The summed E-state index contributed by atoms with van der Waals surface area (Å²) in [7, 11) is 0. The van der Waals surface area contributed by atoms with E-state index in [4.69, 9.17) is 17.0 Å². The fourth-order valence-electron chi connectivity index (χ4n) is 3.25. The zero-order valence-electron chi connectivity index (χ0n) is 13.5. The van der Waals surface area contributed by atoms with Crippen LogP contribution in [0.2, 0.25) is 5.02 Å². The van der Waals surface area contributed by atoms with Crippen LogP contribution in [0.5, 0.6) is 0 Å². The SMILES string of the molecule is N=C1C(=Cc2ccc(Cl)cc2)C(=O)N=C2SC(C3CCCCC3)=NN12. The number of hydrazone groups is 1. The van der Waals surface area contributed by atoms with E-state index in [1.807, 2.05) is 12.1 Å². The van der Waals surface area contributed by atoms with Crippen molar-refractivity contribution in [3.63, 3.8) is 0 Å². The van der Waals surface area contributed by atoms with Crippen molar-refractivity contribution >= 4 is 51.4 Å². The van der Waals surface area contributed by atoms with E-state index in [9.17, 15) is 4.79 Å². The molecule has 0 saturated heterocycles. The average Bonchev–Trinajstić information content (AvgIpc) is 3.05. The van der Waals surface area contributed by atoms with Gasteiger partial charge < -0.3 is 0 Å². The minimum Gasteiger partial charge on any atom is -0.282 e. The first-order valence-electron chi connectivity index (χ1n) is 8.37. The molecule has 1 saturated carbocycles. The molecule has 4 rings (SSSR count). The fourth-order valence-corrected chi connectivity index (χ4v) is 4.43. The van der Waals surface area contributed by atoms with Gasteiger partial charge in [0.2, 0.25) is 5.17 Å². The van der Waals surface area contributed by atoms with Crippen LogP contribution in [-0.4, -0.2) is 27.0 Å². The van der Waals surface area contributed by atoms with Crippen LogP contribution in [-0.2, 0) is 4.79 Å². The Bertz CT molecular complexity index is 822. The van der Waals surface area contributed by atoms with Crippen LogP contribution in [0, 0.1) is 11.3 Å². The first-order valence-corrected chi connectivity index (χ1v) is 9.57. The molecule has 0 radical (unpaired) electrons. The van der Waals surface area contributed by atoms with Crippen LogP contribution in [0.15, 0.2) is 39.9 Å². The lowest BCUT2D eigenvalue weighted by Crippen LogP contribution is -2.35. The molecule has 1 fully saturated rings. The summed E-state index contributed by atoms with van der Waals surface area (Å²) in [6, 6.07) is 7.13. The normalized spacial score (nSPS) is 22.9. The summed E-state index contributed by atoms with van der Waals surface area (Å²) in [5.41, 5.74) is 1.06. The molecular weight excluding hydrogens is 356 g/mol. The molecule has 0 bridgehead atoms. The predicted molar refractivity (Wildman–Crippen MR) is 103 cm³/mol. The number of nitrogens with zero attached hydrogens (tertiary/aromatic N) is 3. The predicted octanol–water partition coefficient (Wildman–Crippen LogP) is 4.54. The highest BCUT2D eigenvalue weighted by Crippen LogP contribution is 2.36. The van der Waals surface area contributed by atoms with Crippen molar-refractivity contribution in [3.05, 3.63) is 40.4 Å².